The molecule has 2 N–H and O–H groups in total. The van der Waals surface area contributed by atoms with Gasteiger partial charge < -0.3 is 10.4 Å². The summed E-state index contributed by atoms with van der Waals surface area (Å²) >= 11 is 0. The van der Waals surface area contributed by atoms with Crippen molar-refractivity contribution in [3.63, 3.8) is 0 Å². The van der Waals surface area contributed by atoms with Crippen LogP contribution in [0, 0.1) is 30.4 Å². The molecule has 0 saturated heterocycles. The molecular formula is C15H17F2NO3. The van der Waals surface area contributed by atoms with Gasteiger partial charge in [0.05, 0.1) is 17.5 Å². The summed E-state index contributed by atoms with van der Waals surface area (Å²) in [5.74, 6) is -4.41. The maximum atomic E-state index is 13.7. The van der Waals surface area contributed by atoms with Crippen LogP contribution in [0.1, 0.15) is 31.2 Å². The minimum atomic E-state index is -1.02. The molecule has 21 heavy (non-hydrogen) atoms. The summed E-state index contributed by atoms with van der Waals surface area (Å²) in [5, 5.41) is 11.5. The third-order valence-electron chi connectivity index (χ3n) is 3.93. The van der Waals surface area contributed by atoms with Crippen molar-refractivity contribution in [3.05, 3.63) is 29.3 Å². The lowest BCUT2D eigenvalue weighted by Crippen LogP contribution is -2.36. The molecule has 4 nitrogen and oxygen atoms in total. The van der Waals surface area contributed by atoms with Crippen LogP contribution < -0.4 is 5.32 Å². The van der Waals surface area contributed by atoms with Gasteiger partial charge in [0.2, 0.25) is 5.91 Å². The van der Waals surface area contributed by atoms with Crippen LogP contribution in [0.2, 0.25) is 0 Å². The number of nitrogens with one attached hydrogen (secondary N) is 1. The number of hydrogen-bond donors (Lipinski definition) is 2. The van der Waals surface area contributed by atoms with Crippen molar-refractivity contribution in [3.8, 4) is 0 Å². The molecule has 1 aliphatic carbocycles. The number of carbonyl (C=O) groups excluding carboxylic acids is 1. The molecule has 0 aliphatic heterocycles. The quantitative estimate of drug-likeness (QED) is 0.901. The molecular weight excluding hydrogens is 280 g/mol. The van der Waals surface area contributed by atoms with Crippen LogP contribution in [0.15, 0.2) is 12.1 Å². The van der Waals surface area contributed by atoms with E-state index in [9.17, 15) is 18.4 Å². The first-order chi connectivity index (χ1) is 9.90. The lowest BCUT2D eigenvalue weighted by Gasteiger charge is -2.27. The Morgan fingerprint density at radius 1 is 1.14 bits per heavy atom. The molecule has 0 bridgehead atoms. The molecule has 0 radical (unpaired) electrons. The molecule has 1 aromatic carbocycles. The predicted octanol–water partition coefficient (Wildman–Crippen LogP) is 3.10. The van der Waals surface area contributed by atoms with Crippen molar-refractivity contribution < 1.29 is 23.5 Å². The highest BCUT2D eigenvalue weighted by Gasteiger charge is 2.35. The molecule has 2 atom stereocenters. The lowest BCUT2D eigenvalue weighted by molar-refractivity contribution is -0.147. The zero-order chi connectivity index (χ0) is 15.6. The Balaban J connectivity index is 2.17. The maximum Gasteiger partial charge on any atom is 0.307 e. The van der Waals surface area contributed by atoms with Gasteiger partial charge in [-0.2, -0.15) is 0 Å². The molecule has 0 spiro atoms. The largest absolute Gasteiger partial charge is 0.481 e. The van der Waals surface area contributed by atoms with Gasteiger partial charge in [0.25, 0.3) is 0 Å². The summed E-state index contributed by atoms with van der Waals surface area (Å²) in [4.78, 5) is 23.3. The number of carboxylic acid groups (broad SMARTS) is 1. The van der Waals surface area contributed by atoms with Crippen LogP contribution in [-0.2, 0) is 9.59 Å². The first-order valence-electron chi connectivity index (χ1n) is 6.89. The van der Waals surface area contributed by atoms with E-state index in [0.717, 1.165) is 25.0 Å². The summed E-state index contributed by atoms with van der Waals surface area (Å²) < 4.78 is 27.2. The molecule has 0 aromatic heterocycles. The number of rotatable bonds is 3. The fourth-order valence-corrected chi connectivity index (χ4v) is 2.71. The molecule has 0 heterocycles. The molecule has 1 aromatic rings. The van der Waals surface area contributed by atoms with Crippen molar-refractivity contribution in [1.29, 1.82) is 0 Å². The highest BCUT2D eigenvalue weighted by molar-refractivity contribution is 5.95. The van der Waals surface area contributed by atoms with Gasteiger partial charge >= 0.3 is 5.97 Å². The molecule has 6 heteroatoms. The smallest absolute Gasteiger partial charge is 0.307 e. The minimum absolute atomic E-state index is 0.145. The van der Waals surface area contributed by atoms with Gasteiger partial charge in [0.15, 0.2) is 0 Å². The summed E-state index contributed by atoms with van der Waals surface area (Å²) in [7, 11) is 0. The average Bonchev–Trinajstić information content (AvgIpc) is 2.44. The van der Waals surface area contributed by atoms with Crippen LogP contribution in [0.25, 0.3) is 0 Å². The van der Waals surface area contributed by atoms with Crippen molar-refractivity contribution in [2.75, 3.05) is 5.32 Å². The Bertz CT molecular complexity index is 574. The molecule has 0 unspecified atom stereocenters. The molecule has 1 amide bonds. The van der Waals surface area contributed by atoms with Gasteiger partial charge in [-0.15, -0.1) is 0 Å². The second kappa shape index (κ2) is 6.20. The van der Waals surface area contributed by atoms with Gasteiger partial charge in [-0.25, -0.2) is 8.78 Å². The first kappa shape index (κ1) is 15.4. The average molecular weight is 297 g/mol. The van der Waals surface area contributed by atoms with Gasteiger partial charge in [-0.1, -0.05) is 12.8 Å². The SMILES string of the molecule is Cc1cc(F)c(NC(=O)[C@@H]2CCCC[C@@H]2C(=O)O)cc1F. The maximum absolute atomic E-state index is 13.7. The number of carbonyl (C=O) groups is 2. The summed E-state index contributed by atoms with van der Waals surface area (Å²) in [6.45, 7) is 1.42. The molecule has 1 saturated carbocycles. The Morgan fingerprint density at radius 3 is 2.38 bits per heavy atom. The van der Waals surface area contributed by atoms with E-state index in [1.807, 2.05) is 0 Å². The van der Waals surface area contributed by atoms with E-state index in [0.29, 0.717) is 12.8 Å². The zero-order valence-corrected chi connectivity index (χ0v) is 11.7. The number of aryl methyl sites for hydroxylation is 1. The second-order valence-corrected chi connectivity index (χ2v) is 5.41. The van der Waals surface area contributed by atoms with E-state index in [1.54, 1.807) is 0 Å². The lowest BCUT2D eigenvalue weighted by atomic mass is 9.78. The number of benzene rings is 1. The summed E-state index contributed by atoms with van der Waals surface area (Å²) in [6, 6.07) is 1.92. The van der Waals surface area contributed by atoms with Crippen LogP contribution >= 0.6 is 0 Å². The van der Waals surface area contributed by atoms with Crippen molar-refractivity contribution in [2.24, 2.45) is 11.8 Å². The second-order valence-electron chi connectivity index (χ2n) is 5.41. The third kappa shape index (κ3) is 3.37. The van der Waals surface area contributed by atoms with Crippen LogP contribution in [0.3, 0.4) is 0 Å². The number of aliphatic carboxylic acids is 1. The van der Waals surface area contributed by atoms with E-state index in [-0.39, 0.29) is 11.3 Å². The monoisotopic (exact) mass is 297 g/mol. The van der Waals surface area contributed by atoms with E-state index in [2.05, 4.69) is 5.32 Å². The van der Waals surface area contributed by atoms with E-state index < -0.39 is 35.3 Å². The predicted molar refractivity (Wildman–Crippen MR) is 72.8 cm³/mol. The van der Waals surface area contributed by atoms with E-state index >= 15 is 0 Å². The minimum Gasteiger partial charge on any atom is -0.481 e. The standard InChI is InChI=1S/C15H17F2NO3/c1-8-6-12(17)13(7-11(8)16)18-14(19)9-4-2-3-5-10(9)15(20)21/h6-7,9-10H,2-5H2,1H3,(H,18,19)(H,20,21)/t9-,10+/m1/s1. The fourth-order valence-electron chi connectivity index (χ4n) is 2.71. The molecule has 114 valence electrons. The van der Waals surface area contributed by atoms with Gasteiger partial charge in [0.1, 0.15) is 11.6 Å². The van der Waals surface area contributed by atoms with Crippen molar-refractivity contribution >= 4 is 17.6 Å². The Kier molecular flexibility index (Phi) is 4.55. The number of amides is 1. The zero-order valence-electron chi connectivity index (χ0n) is 11.7. The number of halogens is 2. The van der Waals surface area contributed by atoms with Crippen molar-refractivity contribution in [2.45, 2.75) is 32.6 Å². The van der Waals surface area contributed by atoms with Gasteiger partial charge in [-0.05, 0) is 31.4 Å². The Hall–Kier alpha value is -1.98. The van der Waals surface area contributed by atoms with Gasteiger partial charge in [-0.3, -0.25) is 9.59 Å². The van der Waals surface area contributed by atoms with E-state index in [1.165, 1.54) is 6.92 Å². The van der Waals surface area contributed by atoms with E-state index in [4.69, 9.17) is 5.11 Å². The Morgan fingerprint density at radius 2 is 1.76 bits per heavy atom. The topological polar surface area (TPSA) is 66.4 Å². The molecule has 2 rings (SSSR count). The number of hydrogen-bond acceptors (Lipinski definition) is 2. The fraction of sp³-hybridized carbons (Fsp3) is 0.467. The summed E-state index contributed by atoms with van der Waals surface area (Å²) in [5.41, 5.74) is -0.107. The van der Waals surface area contributed by atoms with Gasteiger partial charge in [0, 0.05) is 6.07 Å². The summed E-state index contributed by atoms with van der Waals surface area (Å²) in [6.07, 6.45) is 2.39. The highest BCUT2D eigenvalue weighted by atomic mass is 19.1. The molecule has 1 fully saturated rings. The number of anilines is 1. The highest BCUT2D eigenvalue weighted by Crippen LogP contribution is 2.31. The van der Waals surface area contributed by atoms with Crippen LogP contribution in [-0.4, -0.2) is 17.0 Å². The van der Waals surface area contributed by atoms with Crippen LogP contribution in [0.5, 0.6) is 0 Å². The Labute approximate surface area is 121 Å². The molecule has 1 aliphatic rings. The normalized spacial score (nSPS) is 21.9. The third-order valence-corrected chi connectivity index (χ3v) is 3.93. The van der Waals surface area contributed by atoms with Crippen molar-refractivity contribution in [1.82, 2.24) is 0 Å². The van der Waals surface area contributed by atoms with Crippen LogP contribution in [0.4, 0.5) is 14.5 Å². The number of carboxylic acids is 1. The first-order valence-corrected chi connectivity index (χ1v) is 6.89.